The third kappa shape index (κ3) is 5.01. The van der Waals surface area contributed by atoms with Gasteiger partial charge in [-0.1, -0.05) is 0 Å². The van der Waals surface area contributed by atoms with Crippen LogP contribution in [-0.4, -0.2) is 60.5 Å². The number of ether oxygens (including phenoxy) is 2. The van der Waals surface area contributed by atoms with Crippen LogP contribution in [0.1, 0.15) is 66.0 Å². The fourth-order valence-corrected chi connectivity index (χ4v) is 3.47. The SMILES string of the molecule is CC(C)(C)OC(=O)[C@@H]1CC[C@H](c2cc(O)n3nccc3n2)CN1C(=O)OC(C)(C)C. The van der Waals surface area contributed by atoms with Crippen LogP contribution in [0.3, 0.4) is 0 Å². The Kier molecular flexibility index (Phi) is 5.66. The highest BCUT2D eigenvalue weighted by atomic mass is 16.6. The van der Waals surface area contributed by atoms with Crippen LogP contribution in [0.25, 0.3) is 5.65 Å². The minimum Gasteiger partial charge on any atom is -0.493 e. The van der Waals surface area contributed by atoms with Crippen molar-refractivity contribution in [1.29, 1.82) is 0 Å². The number of aromatic hydroxyl groups is 1. The first-order chi connectivity index (χ1) is 13.8. The Labute approximate surface area is 176 Å². The molecule has 30 heavy (non-hydrogen) atoms. The lowest BCUT2D eigenvalue weighted by Crippen LogP contribution is -2.53. The number of aromatic nitrogens is 3. The molecule has 0 aliphatic carbocycles. The molecule has 1 aliphatic heterocycles. The summed E-state index contributed by atoms with van der Waals surface area (Å²) in [5, 5.41) is 14.3. The summed E-state index contributed by atoms with van der Waals surface area (Å²) in [6, 6.07) is 2.51. The summed E-state index contributed by atoms with van der Waals surface area (Å²) in [6.07, 6.45) is 2.00. The summed E-state index contributed by atoms with van der Waals surface area (Å²) in [7, 11) is 0. The van der Waals surface area contributed by atoms with Gasteiger partial charge in [0.15, 0.2) is 5.65 Å². The molecule has 2 atom stereocenters. The second kappa shape index (κ2) is 7.77. The normalized spacial score (nSPS) is 20.3. The van der Waals surface area contributed by atoms with Crippen molar-refractivity contribution in [2.45, 2.75) is 77.5 Å². The Balaban J connectivity index is 1.88. The zero-order valence-corrected chi connectivity index (χ0v) is 18.4. The van der Waals surface area contributed by atoms with Gasteiger partial charge in [0, 0.05) is 24.6 Å². The summed E-state index contributed by atoms with van der Waals surface area (Å²) in [4.78, 5) is 31.7. The second-order valence-electron chi connectivity index (χ2n) is 9.60. The molecule has 0 unspecified atom stereocenters. The van der Waals surface area contributed by atoms with E-state index in [-0.39, 0.29) is 18.3 Å². The Morgan fingerprint density at radius 3 is 2.40 bits per heavy atom. The van der Waals surface area contributed by atoms with E-state index < -0.39 is 29.3 Å². The Hall–Kier alpha value is -2.84. The summed E-state index contributed by atoms with van der Waals surface area (Å²) < 4.78 is 12.4. The van der Waals surface area contributed by atoms with Crippen molar-refractivity contribution in [2.24, 2.45) is 0 Å². The zero-order chi connectivity index (χ0) is 22.3. The van der Waals surface area contributed by atoms with Gasteiger partial charge in [-0.3, -0.25) is 4.90 Å². The molecule has 9 nitrogen and oxygen atoms in total. The molecule has 164 valence electrons. The number of hydrogen-bond donors (Lipinski definition) is 1. The fourth-order valence-electron chi connectivity index (χ4n) is 3.47. The molecule has 2 aromatic heterocycles. The van der Waals surface area contributed by atoms with E-state index in [0.717, 1.165) is 0 Å². The molecular formula is C21H30N4O5. The lowest BCUT2D eigenvalue weighted by atomic mass is 9.90. The maximum atomic E-state index is 12.9. The smallest absolute Gasteiger partial charge is 0.411 e. The summed E-state index contributed by atoms with van der Waals surface area (Å²) in [6.45, 7) is 11.0. The van der Waals surface area contributed by atoms with Gasteiger partial charge in [0.2, 0.25) is 5.88 Å². The summed E-state index contributed by atoms with van der Waals surface area (Å²) in [5.41, 5.74) is -0.205. The van der Waals surface area contributed by atoms with Crippen LogP contribution in [0, 0.1) is 0 Å². The van der Waals surface area contributed by atoms with Crippen molar-refractivity contribution in [1.82, 2.24) is 19.5 Å². The minimum absolute atomic E-state index is 0.0296. The molecule has 1 aliphatic rings. The van der Waals surface area contributed by atoms with Crippen molar-refractivity contribution in [2.75, 3.05) is 6.54 Å². The molecule has 1 saturated heterocycles. The van der Waals surface area contributed by atoms with Gasteiger partial charge in [0.25, 0.3) is 0 Å². The zero-order valence-electron chi connectivity index (χ0n) is 18.4. The maximum absolute atomic E-state index is 12.9. The van der Waals surface area contributed by atoms with Crippen molar-refractivity contribution in [3.05, 3.63) is 24.0 Å². The monoisotopic (exact) mass is 418 g/mol. The first kappa shape index (κ1) is 21.9. The fraction of sp³-hybridized carbons (Fsp3) is 0.619. The van der Waals surface area contributed by atoms with Gasteiger partial charge in [-0.25, -0.2) is 14.6 Å². The molecule has 0 bridgehead atoms. The molecule has 2 aromatic rings. The van der Waals surface area contributed by atoms with Crippen molar-refractivity contribution in [3.8, 4) is 5.88 Å². The van der Waals surface area contributed by atoms with Gasteiger partial charge >= 0.3 is 12.1 Å². The molecule has 0 saturated carbocycles. The van der Waals surface area contributed by atoms with Gasteiger partial charge in [0.1, 0.15) is 17.2 Å². The number of fused-ring (bicyclic) bond motifs is 1. The molecule has 0 radical (unpaired) electrons. The number of piperidine rings is 1. The lowest BCUT2D eigenvalue weighted by molar-refractivity contribution is -0.162. The van der Waals surface area contributed by atoms with E-state index in [9.17, 15) is 14.7 Å². The van der Waals surface area contributed by atoms with Crippen molar-refractivity contribution in [3.63, 3.8) is 0 Å². The lowest BCUT2D eigenvalue weighted by Gasteiger charge is -2.39. The predicted octanol–water partition coefficient (Wildman–Crippen LogP) is 3.26. The molecule has 9 heteroatoms. The van der Waals surface area contributed by atoms with Crippen LogP contribution in [0.15, 0.2) is 18.3 Å². The molecule has 1 N–H and O–H groups in total. The predicted molar refractivity (Wildman–Crippen MR) is 109 cm³/mol. The number of nitrogens with zero attached hydrogens (tertiary/aromatic N) is 4. The number of rotatable bonds is 2. The highest BCUT2D eigenvalue weighted by molar-refractivity contribution is 5.82. The maximum Gasteiger partial charge on any atom is 0.411 e. The molecule has 1 fully saturated rings. The standard InChI is InChI=1S/C21H30N4O5/c1-20(2,3)29-18(27)15-8-7-13(12-24(15)19(28)30-21(4,5)6)14-11-17(26)25-16(23-14)9-10-22-25/h9-11,13,15,26H,7-8,12H2,1-6H3/t13-,15-/m0/s1. The largest absolute Gasteiger partial charge is 0.493 e. The number of hydrogen-bond acceptors (Lipinski definition) is 7. The van der Waals surface area contributed by atoms with Crippen LogP contribution in [0.4, 0.5) is 4.79 Å². The third-order valence-corrected chi connectivity index (χ3v) is 4.67. The summed E-state index contributed by atoms with van der Waals surface area (Å²) in [5.74, 6) is -0.644. The van der Waals surface area contributed by atoms with Crippen molar-refractivity contribution >= 4 is 17.7 Å². The van der Waals surface area contributed by atoms with E-state index in [1.165, 1.54) is 9.42 Å². The number of amides is 1. The van der Waals surface area contributed by atoms with Gasteiger partial charge in [-0.05, 0) is 54.4 Å². The number of carbonyl (C=O) groups is 2. The van der Waals surface area contributed by atoms with E-state index in [1.54, 1.807) is 59.9 Å². The third-order valence-electron chi connectivity index (χ3n) is 4.67. The van der Waals surface area contributed by atoms with Crippen molar-refractivity contribution < 1.29 is 24.2 Å². The van der Waals surface area contributed by atoms with Gasteiger partial charge in [0.05, 0.1) is 11.9 Å². The Morgan fingerprint density at radius 1 is 1.10 bits per heavy atom. The minimum atomic E-state index is -0.734. The average Bonchev–Trinajstić information content (AvgIpc) is 3.07. The van der Waals surface area contributed by atoms with Crippen LogP contribution in [0.2, 0.25) is 0 Å². The second-order valence-corrected chi connectivity index (χ2v) is 9.60. The average molecular weight is 418 g/mol. The van der Waals surface area contributed by atoms with Gasteiger partial charge < -0.3 is 14.6 Å². The number of carbonyl (C=O) groups excluding carboxylic acids is 2. The highest BCUT2D eigenvalue weighted by Gasteiger charge is 2.41. The van der Waals surface area contributed by atoms with E-state index in [0.29, 0.717) is 24.2 Å². The molecule has 0 spiro atoms. The van der Waals surface area contributed by atoms with Gasteiger partial charge in [-0.2, -0.15) is 9.61 Å². The molecule has 3 rings (SSSR count). The van der Waals surface area contributed by atoms with E-state index in [2.05, 4.69) is 10.1 Å². The number of esters is 1. The van der Waals surface area contributed by atoms with Gasteiger partial charge in [-0.15, -0.1) is 0 Å². The Morgan fingerprint density at radius 2 is 1.77 bits per heavy atom. The van der Waals surface area contributed by atoms with Crippen LogP contribution >= 0.6 is 0 Å². The van der Waals surface area contributed by atoms with E-state index in [1.807, 2.05) is 0 Å². The molecule has 0 aromatic carbocycles. The van der Waals surface area contributed by atoms with Crippen LogP contribution in [0.5, 0.6) is 5.88 Å². The Bertz CT molecular complexity index is 941. The first-order valence-corrected chi connectivity index (χ1v) is 10.1. The summed E-state index contributed by atoms with van der Waals surface area (Å²) >= 11 is 0. The highest BCUT2D eigenvalue weighted by Crippen LogP contribution is 2.33. The quantitative estimate of drug-likeness (QED) is 0.746. The molecule has 1 amide bonds. The number of likely N-dealkylation sites (tertiary alicyclic amines) is 1. The topological polar surface area (TPSA) is 106 Å². The molecule has 3 heterocycles. The van der Waals surface area contributed by atoms with Crippen LogP contribution in [-0.2, 0) is 14.3 Å². The van der Waals surface area contributed by atoms with Crippen LogP contribution < -0.4 is 0 Å². The first-order valence-electron chi connectivity index (χ1n) is 10.1. The molecular weight excluding hydrogens is 388 g/mol. The van der Waals surface area contributed by atoms with E-state index in [4.69, 9.17) is 9.47 Å². The van der Waals surface area contributed by atoms with E-state index >= 15 is 0 Å².